The second-order valence-electron chi connectivity index (χ2n) is 7.83. The predicted molar refractivity (Wildman–Crippen MR) is 123 cm³/mol. The van der Waals surface area contributed by atoms with E-state index in [1.165, 1.54) is 0 Å². The van der Waals surface area contributed by atoms with Crippen LogP contribution >= 0.6 is 0 Å². The van der Waals surface area contributed by atoms with E-state index in [0.717, 1.165) is 48.4 Å². The van der Waals surface area contributed by atoms with Gasteiger partial charge in [0, 0.05) is 18.5 Å². The van der Waals surface area contributed by atoms with E-state index in [1.807, 2.05) is 59.9 Å². The first-order chi connectivity index (χ1) is 15.1. The van der Waals surface area contributed by atoms with Gasteiger partial charge in [-0.3, -0.25) is 9.20 Å². The third kappa shape index (κ3) is 3.15. The molecular formula is C25H26N4O2. The number of aryl methyl sites for hydroxylation is 1. The lowest BCUT2D eigenvalue weighted by Crippen LogP contribution is -2.27. The van der Waals surface area contributed by atoms with Gasteiger partial charge in [0.05, 0.1) is 16.7 Å². The molecule has 158 valence electrons. The van der Waals surface area contributed by atoms with Gasteiger partial charge in [0.25, 0.3) is 0 Å². The van der Waals surface area contributed by atoms with E-state index < -0.39 is 0 Å². The van der Waals surface area contributed by atoms with Crippen LogP contribution in [0.25, 0.3) is 27.8 Å². The zero-order chi connectivity index (χ0) is 21.5. The highest BCUT2D eigenvalue weighted by Crippen LogP contribution is 2.28. The van der Waals surface area contributed by atoms with E-state index in [9.17, 15) is 4.79 Å². The van der Waals surface area contributed by atoms with Gasteiger partial charge >= 0.3 is 0 Å². The SMILES string of the molecule is CCN(CC)CCn1c2ccccc2n2c(C(=O)c3cc4ccccc4o3)c(C)nc12. The Morgan fingerprint density at radius 3 is 2.48 bits per heavy atom. The van der Waals surface area contributed by atoms with E-state index >= 15 is 0 Å². The van der Waals surface area contributed by atoms with Crippen LogP contribution in [0.5, 0.6) is 0 Å². The van der Waals surface area contributed by atoms with Crippen molar-refractivity contribution in [2.45, 2.75) is 27.3 Å². The zero-order valence-corrected chi connectivity index (χ0v) is 18.1. The summed E-state index contributed by atoms with van der Waals surface area (Å²) in [6, 6.07) is 17.7. The number of benzene rings is 2. The molecule has 0 saturated carbocycles. The molecule has 0 radical (unpaired) electrons. The summed E-state index contributed by atoms with van der Waals surface area (Å²) in [6.45, 7) is 10.0. The summed E-state index contributed by atoms with van der Waals surface area (Å²) in [4.78, 5) is 20.8. The van der Waals surface area contributed by atoms with E-state index in [0.29, 0.717) is 22.7 Å². The van der Waals surface area contributed by atoms with E-state index in [1.54, 1.807) is 0 Å². The Hall–Kier alpha value is -3.38. The minimum Gasteiger partial charge on any atom is -0.453 e. The van der Waals surface area contributed by atoms with Gasteiger partial charge in [0.2, 0.25) is 11.6 Å². The monoisotopic (exact) mass is 414 g/mol. The topological polar surface area (TPSA) is 55.7 Å². The van der Waals surface area contributed by atoms with Crippen LogP contribution in [-0.4, -0.2) is 44.3 Å². The summed E-state index contributed by atoms with van der Waals surface area (Å²) < 4.78 is 10.1. The maximum Gasteiger partial charge on any atom is 0.246 e. The molecule has 6 heteroatoms. The number of imidazole rings is 2. The standard InChI is InChI=1S/C25H26N4O2/c1-4-27(5-2)14-15-28-19-11-7-8-12-20(19)29-23(17(3)26-25(28)29)24(30)22-16-18-10-6-9-13-21(18)31-22/h6-13,16H,4-5,14-15H2,1-3H3. The maximum atomic E-state index is 13.6. The van der Waals surface area contributed by atoms with Crippen molar-refractivity contribution in [3.05, 3.63) is 71.7 Å². The predicted octanol–water partition coefficient (Wildman–Crippen LogP) is 4.92. The van der Waals surface area contributed by atoms with Gasteiger partial charge in [-0.25, -0.2) is 4.98 Å². The number of carbonyl (C=O) groups excluding carboxylic acids is 1. The van der Waals surface area contributed by atoms with Crippen molar-refractivity contribution < 1.29 is 9.21 Å². The molecule has 0 aliphatic heterocycles. The van der Waals surface area contributed by atoms with Crippen LogP contribution < -0.4 is 0 Å². The fourth-order valence-corrected chi connectivity index (χ4v) is 4.39. The van der Waals surface area contributed by atoms with Crippen LogP contribution in [0.4, 0.5) is 0 Å². The van der Waals surface area contributed by atoms with Crippen LogP contribution in [0.3, 0.4) is 0 Å². The second kappa shape index (κ2) is 7.71. The van der Waals surface area contributed by atoms with Gasteiger partial charge in [0.15, 0.2) is 5.76 Å². The van der Waals surface area contributed by atoms with Gasteiger partial charge in [-0.15, -0.1) is 0 Å². The van der Waals surface area contributed by atoms with Crippen molar-refractivity contribution in [1.82, 2.24) is 18.9 Å². The van der Waals surface area contributed by atoms with Gasteiger partial charge < -0.3 is 13.9 Å². The highest BCUT2D eigenvalue weighted by atomic mass is 16.3. The Morgan fingerprint density at radius 1 is 1.03 bits per heavy atom. The Labute approximate surface area is 180 Å². The number of carbonyl (C=O) groups is 1. The van der Waals surface area contributed by atoms with E-state index in [4.69, 9.17) is 9.40 Å². The van der Waals surface area contributed by atoms with Crippen molar-refractivity contribution in [1.29, 1.82) is 0 Å². The Morgan fingerprint density at radius 2 is 1.74 bits per heavy atom. The summed E-state index contributed by atoms with van der Waals surface area (Å²) in [7, 11) is 0. The number of para-hydroxylation sites is 3. The van der Waals surface area contributed by atoms with Crippen molar-refractivity contribution in [2.75, 3.05) is 19.6 Å². The largest absolute Gasteiger partial charge is 0.453 e. The number of fused-ring (bicyclic) bond motifs is 4. The fraction of sp³-hybridized carbons (Fsp3) is 0.280. The number of nitrogens with zero attached hydrogens (tertiary/aromatic N) is 4. The molecule has 6 nitrogen and oxygen atoms in total. The Balaban J connectivity index is 1.66. The molecule has 0 N–H and O–H groups in total. The van der Waals surface area contributed by atoms with Crippen molar-refractivity contribution in [3.8, 4) is 0 Å². The Kier molecular flexibility index (Phi) is 4.87. The van der Waals surface area contributed by atoms with Crippen LogP contribution in [0.1, 0.15) is 35.8 Å². The van der Waals surface area contributed by atoms with Crippen molar-refractivity contribution in [3.63, 3.8) is 0 Å². The molecule has 0 bridgehead atoms. The van der Waals surface area contributed by atoms with Crippen molar-refractivity contribution in [2.24, 2.45) is 0 Å². The quantitative estimate of drug-likeness (QED) is 0.355. The molecule has 0 amide bonds. The molecule has 5 rings (SSSR count). The lowest BCUT2D eigenvalue weighted by atomic mass is 10.1. The lowest BCUT2D eigenvalue weighted by Gasteiger charge is -2.18. The number of aromatic nitrogens is 3. The average molecular weight is 415 g/mol. The summed E-state index contributed by atoms with van der Waals surface area (Å²) in [5.74, 6) is 0.990. The number of hydrogen-bond acceptors (Lipinski definition) is 4. The number of likely N-dealkylation sites (N-methyl/N-ethyl adjacent to an activating group) is 1. The van der Waals surface area contributed by atoms with Gasteiger partial charge in [0.1, 0.15) is 11.3 Å². The molecule has 31 heavy (non-hydrogen) atoms. The molecule has 3 aromatic heterocycles. The molecule has 0 aliphatic carbocycles. The minimum atomic E-state index is -0.146. The van der Waals surface area contributed by atoms with Crippen molar-refractivity contribution >= 4 is 33.6 Å². The maximum absolute atomic E-state index is 13.6. The van der Waals surface area contributed by atoms with Crippen LogP contribution in [0.2, 0.25) is 0 Å². The first-order valence-corrected chi connectivity index (χ1v) is 10.8. The molecule has 0 aliphatic rings. The van der Waals surface area contributed by atoms with Gasteiger partial charge in [-0.05, 0) is 44.3 Å². The molecule has 3 heterocycles. The molecular weight excluding hydrogens is 388 g/mol. The fourth-order valence-electron chi connectivity index (χ4n) is 4.39. The second-order valence-corrected chi connectivity index (χ2v) is 7.83. The summed E-state index contributed by atoms with van der Waals surface area (Å²) in [6.07, 6.45) is 0. The number of rotatable bonds is 7. The zero-order valence-electron chi connectivity index (χ0n) is 18.1. The lowest BCUT2D eigenvalue weighted by molar-refractivity contribution is 0.101. The molecule has 5 aromatic rings. The number of furan rings is 1. The molecule has 0 fully saturated rings. The molecule has 0 saturated heterocycles. The minimum absolute atomic E-state index is 0.146. The van der Waals surface area contributed by atoms with Gasteiger partial charge in [-0.2, -0.15) is 0 Å². The molecule has 0 unspecified atom stereocenters. The summed E-state index contributed by atoms with van der Waals surface area (Å²) >= 11 is 0. The normalized spacial score (nSPS) is 12.0. The first kappa shape index (κ1) is 19.6. The summed E-state index contributed by atoms with van der Waals surface area (Å²) in [5, 5.41) is 0.922. The smallest absolute Gasteiger partial charge is 0.246 e. The number of hydrogen-bond donors (Lipinski definition) is 0. The first-order valence-electron chi connectivity index (χ1n) is 10.8. The Bertz CT molecular complexity index is 1370. The molecule has 0 spiro atoms. The van der Waals surface area contributed by atoms with Crippen LogP contribution in [0.15, 0.2) is 59.0 Å². The van der Waals surface area contributed by atoms with Crippen LogP contribution in [-0.2, 0) is 6.54 Å². The third-order valence-corrected chi connectivity index (χ3v) is 6.09. The average Bonchev–Trinajstić information content (AvgIpc) is 3.45. The highest BCUT2D eigenvalue weighted by Gasteiger charge is 2.25. The summed E-state index contributed by atoms with van der Waals surface area (Å²) in [5.41, 5.74) is 4.05. The van der Waals surface area contributed by atoms with Gasteiger partial charge in [-0.1, -0.05) is 44.2 Å². The third-order valence-electron chi connectivity index (χ3n) is 6.09. The number of ketones is 1. The van der Waals surface area contributed by atoms with E-state index in [2.05, 4.69) is 29.4 Å². The molecule has 2 aromatic carbocycles. The highest BCUT2D eigenvalue weighted by molar-refractivity contribution is 6.10. The van der Waals surface area contributed by atoms with Crippen LogP contribution in [0, 0.1) is 6.92 Å². The molecule has 0 atom stereocenters. The van der Waals surface area contributed by atoms with E-state index in [-0.39, 0.29) is 5.78 Å².